The van der Waals surface area contributed by atoms with Gasteiger partial charge in [0.2, 0.25) is 0 Å². The van der Waals surface area contributed by atoms with Crippen molar-refractivity contribution in [3.05, 3.63) is 65.1 Å². The standard InChI is InChI=1S/C15H12BrN2O/c1-10-14-7-11(9-19)5-6-15(14)18(17-10)13-4-2-3-12(16)8-13/h2-8,19H,1,9H2. The molecule has 0 spiro atoms. The van der Waals surface area contributed by atoms with Crippen LogP contribution >= 0.6 is 15.9 Å². The first-order valence-corrected chi connectivity index (χ1v) is 6.69. The monoisotopic (exact) mass is 315 g/mol. The van der Waals surface area contributed by atoms with Crippen molar-refractivity contribution < 1.29 is 5.11 Å². The van der Waals surface area contributed by atoms with Gasteiger partial charge in [0.15, 0.2) is 0 Å². The van der Waals surface area contributed by atoms with Crippen molar-refractivity contribution >= 4 is 26.8 Å². The van der Waals surface area contributed by atoms with Gasteiger partial charge >= 0.3 is 0 Å². The minimum absolute atomic E-state index is 0.0252. The maximum atomic E-state index is 9.19. The van der Waals surface area contributed by atoms with Crippen molar-refractivity contribution in [1.29, 1.82) is 0 Å². The van der Waals surface area contributed by atoms with Crippen LogP contribution in [0.3, 0.4) is 0 Å². The van der Waals surface area contributed by atoms with Crippen LogP contribution in [-0.2, 0) is 6.61 Å². The van der Waals surface area contributed by atoms with Crippen LogP contribution in [0.4, 0.5) is 0 Å². The van der Waals surface area contributed by atoms with Gasteiger partial charge in [-0.25, -0.2) is 4.68 Å². The Morgan fingerprint density at radius 3 is 2.79 bits per heavy atom. The van der Waals surface area contributed by atoms with Gasteiger partial charge in [-0.1, -0.05) is 28.1 Å². The molecule has 1 heterocycles. The van der Waals surface area contributed by atoms with Crippen molar-refractivity contribution in [3.8, 4) is 5.69 Å². The largest absolute Gasteiger partial charge is 0.392 e. The van der Waals surface area contributed by atoms with E-state index in [1.165, 1.54) is 0 Å². The highest BCUT2D eigenvalue weighted by Gasteiger charge is 2.09. The van der Waals surface area contributed by atoms with Crippen LogP contribution in [0, 0.1) is 6.92 Å². The summed E-state index contributed by atoms with van der Waals surface area (Å²) in [5.41, 5.74) is 3.54. The fourth-order valence-corrected chi connectivity index (χ4v) is 2.52. The van der Waals surface area contributed by atoms with E-state index in [9.17, 15) is 5.11 Å². The molecule has 95 valence electrons. The maximum Gasteiger partial charge on any atom is 0.0744 e. The molecule has 0 saturated carbocycles. The zero-order chi connectivity index (χ0) is 13.4. The van der Waals surface area contributed by atoms with Gasteiger partial charge in [0.25, 0.3) is 0 Å². The summed E-state index contributed by atoms with van der Waals surface area (Å²) in [5, 5.41) is 14.6. The second-order valence-corrected chi connectivity index (χ2v) is 5.26. The third kappa shape index (κ3) is 2.17. The van der Waals surface area contributed by atoms with Crippen LogP contribution < -0.4 is 0 Å². The lowest BCUT2D eigenvalue weighted by Crippen LogP contribution is -1.96. The van der Waals surface area contributed by atoms with E-state index < -0.39 is 0 Å². The van der Waals surface area contributed by atoms with Crippen LogP contribution in [0.25, 0.3) is 16.6 Å². The van der Waals surface area contributed by atoms with E-state index in [0.29, 0.717) is 5.69 Å². The molecule has 3 aromatic rings. The van der Waals surface area contributed by atoms with E-state index >= 15 is 0 Å². The number of halogens is 1. The Bertz CT molecular complexity index is 749. The van der Waals surface area contributed by atoms with Gasteiger partial charge in [-0.05, 0) is 42.8 Å². The molecule has 3 rings (SSSR count). The lowest BCUT2D eigenvalue weighted by Gasteiger charge is -2.04. The molecular weight excluding hydrogens is 304 g/mol. The molecule has 1 aromatic heterocycles. The van der Waals surface area contributed by atoms with E-state index in [1.807, 2.05) is 47.1 Å². The summed E-state index contributed by atoms with van der Waals surface area (Å²) in [6, 6.07) is 13.7. The van der Waals surface area contributed by atoms with E-state index in [4.69, 9.17) is 0 Å². The molecule has 0 saturated heterocycles. The quantitative estimate of drug-likeness (QED) is 0.786. The Morgan fingerprint density at radius 2 is 2.05 bits per heavy atom. The second-order valence-electron chi connectivity index (χ2n) is 4.35. The number of benzene rings is 2. The fraction of sp³-hybridized carbons (Fsp3) is 0.0667. The summed E-state index contributed by atoms with van der Waals surface area (Å²) in [6.07, 6.45) is 0. The Hall–Kier alpha value is -1.65. The minimum Gasteiger partial charge on any atom is -0.392 e. The van der Waals surface area contributed by atoms with E-state index in [2.05, 4.69) is 28.0 Å². The number of hydrogen-bond donors (Lipinski definition) is 1. The number of hydrogen-bond acceptors (Lipinski definition) is 2. The summed E-state index contributed by atoms with van der Waals surface area (Å²) in [4.78, 5) is 0. The number of aliphatic hydroxyl groups is 1. The van der Waals surface area contributed by atoms with E-state index in [-0.39, 0.29) is 6.61 Å². The van der Waals surface area contributed by atoms with E-state index in [1.54, 1.807) is 0 Å². The second kappa shape index (κ2) is 4.79. The van der Waals surface area contributed by atoms with Crippen molar-refractivity contribution in [2.45, 2.75) is 6.61 Å². The number of fused-ring (bicyclic) bond motifs is 1. The first-order chi connectivity index (χ1) is 9.19. The third-order valence-electron chi connectivity index (χ3n) is 3.06. The van der Waals surface area contributed by atoms with Gasteiger partial charge in [-0.15, -0.1) is 0 Å². The molecule has 0 unspecified atom stereocenters. The zero-order valence-corrected chi connectivity index (χ0v) is 11.8. The Kier molecular flexibility index (Phi) is 3.12. The normalized spacial score (nSPS) is 11.1. The molecule has 1 N–H and O–H groups in total. The number of aromatic nitrogens is 2. The van der Waals surface area contributed by atoms with Gasteiger partial charge in [-0.2, -0.15) is 5.10 Å². The molecule has 0 fully saturated rings. The van der Waals surface area contributed by atoms with Crippen molar-refractivity contribution in [1.82, 2.24) is 9.78 Å². The van der Waals surface area contributed by atoms with Crippen molar-refractivity contribution in [2.24, 2.45) is 0 Å². The van der Waals surface area contributed by atoms with Crippen molar-refractivity contribution in [3.63, 3.8) is 0 Å². The number of rotatable bonds is 2. The van der Waals surface area contributed by atoms with Crippen LogP contribution in [0.5, 0.6) is 0 Å². The molecule has 1 radical (unpaired) electrons. The average Bonchev–Trinajstić information content (AvgIpc) is 2.76. The van der Waals surface area contributed by atoms with Gasteiger partial charge in [0.1, 0.15) is 0 Å². The molecule has 0 aliphatic heterocycles. The molecule has 0 bridgehead atoms. The summed E-state index contributed by atoms with van der Waals surface area (Å²) < 4.78 is 2.87. The minimum atomic E-state index is 0.0252. The molecule has 3 nitrogen and oxygen atoms in total. The SMILES string of the molecule is [CH2]c1nn(-c2cccc(Br)c2)c2ccc(CO)cc12. The molecular formula is C15H12BrN2O. The number of nitrogens with zero attached hydrogens (tertiary/aromatic N) is 2. The molecule has 0 amide bonds. The summed E-state index contributed by atoms with van der Waals surface area (Å²) in [5.74, 6) is 0. The number of aliphatic hydroxyl groups excluding tert-OH is 1. The maximum absolute atomic E-state index is 9.19. The predicted molar refractivity (Wildman–Crippen MR) is 79.2 cm³/mol. The molecule has 0 aliphatic carbocycles. The topological polar surface area (TPSA) is 38.0 Å². The first kappa shape index (κ1) is 12.4. The van der Waals surface area contributed by atoms with E-state index in [0.717, 1.165) is 26.6 Å². The molecule has 0 atom stereocenters. The Balaban J connectivity index is 2.25. The van der Waals surface area contributed by atoms with Gasteiger partial charge < -0.3 is 5.11 Å². The fourth-order valence-electron chi connectivity index (χ4n) is 2.13. The van der Waals surface area contributed by atoms with Crippen molar-refractivity contribution in [2.75, 3.05) is 0 Å². The zero-order valence-electron chi connectivity index (χ0n) is 10.2. The third-order valence-corrected chi connectivity index (χ3v) is 3.55. The lowest BCUT2D eigenvalue weighted by atomic mass is 10.1. The molecule has 4 heteroatoms. The van der Waals surface area contributed by atoms with Crippen LogP contribution in [-0.4, -0.2) is 14.9 Å². The summed E-state index contributed by atoms with van der Waals surface area (Å²) in [6.45, 7) is 3.99. The highest BCUT2D eigenvalue weighted by molar-refractivity contribution is 9.10. The lowest BCUT2D eigenvalue weighted by molar-refractivity contribution is 0.282. The molecule has 0 aliphatic rings. The molecule has 19 heavy (non-hydrogen) atoms. The summed E-state index contributed by atoms with van der Waals surface area (Å²) in [7, 11) is 0. The van der Waals surface area contributed by atoms with Gasteiger partial charge in [0.05, 0.1) is 23.5 Å². The Labute approximate surface area is 119 Å². The van der Waals surface area contributed by atoms with Gasteiger partial charge in [-0.3, -0.25) is 0 Å². The highest BCUT2D eigenvalue weighted by Crippen LogP contribution is 2.24. The van der Waals surface area contributed by atoms with Gasteiger partial charge in [0, 0.05) is 9.86 Å². The summed E-state index contributed by atoms with van der Waals surface area (Å²) >= 11 is 3.46. The smallest absolute Gasteiger partial charge is 0.0744 e. The van der Waals surface area contributed by atoms with Crippen LogP contribution in [0.2, 0.25) is 0 Å². The average molecular weight is 316 g/mol. The predicted octanol–water partition coefficient (Wildman–Crippen LogP) is 3.46. The first-order valence-electron chi connectivity index (χ1n) is 5.89. The van der Waals surface area contributed by atoms with Crippen LogP contribution in [0.1, 0.15) is 11.3 Å². The molecule has 2 aromatic carbocycles. The highest BCUT2D eigenvalue weighted by atomic mass is 79.9. The van der Waals surface area contributed by atoms with Crippen LogP contribution in [0.15, 0.2) is 46.9 Å². The Morgan fingerprint density at radius 1 is 1.21 bits per heavy atom.